The van der Waals surface area contributed by atoms with E-state index in [1.54, 1.807) is 35.4 Å². The number of anilines is 2. The Bertz CT molecular complexity index is 1490. The second kappa shape index (κ2) is 8.74. The van der Waals surface area contributed by atoms with Gasteiger partial charge in [0.1, 0.15) is 17.6 Å². The third kappa shape index (κ3) is 3.51. The van der Waals surface area contributed by atoms with Crippen molar-refractivity contribution >= 4 is 46.8 Å². The number of para-hydroxylation sites is 1. The molecule has 0 spiro atoms. The maximum Gasteiger partial charge on any atom is 0.248 e. The molecular formula is C28H21ClFN3O4. The normalized spacial score (nSPS) is 23.5. The van der Waals surface area contributed by atoms with E-state index < -0.39 is 47.5 Å². The van der Waals surface area contributed by atoms with Crippen LogP contribution in [-0.2, 0) is 14.4 Å². The summed E-state index contributed by atoms with van der Waals surface area (Å²) in [5.74, 6) is -3.85. The van der Waals surface area contributed by atoms with Crippen molar-refractivity contribution in [2.75, 3.05) is 17.3 Å². The minimum atomic E-state index is -1.03. The van der Waals surface area contributed by atoms with Crippen LogP contribution >= 0.6 is 11.6 Å². The molecule has 0 unspecified atom stereocenters. The summed E-state index contributed by atoms with van der Waals surface area (Å²) in [5, 5.41) is 3.23. The monoisotopic (exact) mass is 517 g/mol. The van der Waals surface area contributed by atoms with Crippen molar-refractivity contribution in [3.8, 4) is 5.75 Å². The fourth-order valence-corrected chi connectivity index (χ4v) is 5.88. The lowest BCUT2D eigenvalue weighted by molar-refractivity contribution is -0.128. The van der Waals surface area contributed by atoms with Gasteiger partial charge in [0.25, 0.3) is 0 Å². The Hall–Kier alpha value is -4.17. The molecule has 0 bridgehead atoms. The quantitative estimate of drug-likeness (QED) is 0.510. The lowest BCUT2D eigenvalue weighted by Gasteiger charge is -2.35. The predicted octanol–water partition coefficient (Wildman–Crippen LogP) is 4.64. The lowest BCUT2D eigenvalue weighted by Crippen LogP contribution is -2.46. The SMILES string of the molecule is COc1ccc(Cl)cc1NC(=O)[C@@H]1[C@@H]2C(=O)N(c3ccccc3F)C(=O)[C@H]2[C@H]2c3ccccc3C=CN12. The van der Waals surface area contributed by atoms with E-state index in [2.05, 4.69) is 5.32 Å². The molecule has 3 aliphatic heterocycles. The summed E-state index contributed by atoms with van der Waals surface area (Å²) in [6.07, 6.45) is 3.61. The highest BCUT2D eigenvalue weighted by atomic mass is 35.5. The number of ether oxygens (including phenoxy) is 1. The van der Waals surface area contributed by atoms with Crippen molar-refractivity contribution in [1.29, 1.82) is 0 Å². The average Bonchev–Trinajstić information content (AvgIpc) is 3.37. The van der Waals surface area contributed by atoms with Gasteiger partial charge in [-0.1, -0.05) is 48.0 Å². The number of rotatable bonds is 4. The van der Waals surface area contributed by atoms with E-state index in [4.69, 9.17) is 16.3 Å². The smallest absolute Gasteiger partial charge is 0.248 e. The van der Waals surface area contributed by atoms with Crippen LogP contribution in [0.15, 0.2) is 72.9 Å². The summed E-state index contributed by atoms with van der Waals surface area (Å²) < 4.78 is 20.1. The Balaban J connectivity index is 1.46. The number of carbonyl (C=O) groups excluding carboxylic acids is 3. The molecule has 0 radical (unpaired) electrons. The van der Waals surface area contributed by atoms with Crippen LogP contribution < -0.4 is 15.0 Å². The number of nitrogens with zero attached hydrogens (tertiary/aromatic N) is 2. The van der Waals surface area contributed by atoms with Crippen molar-refractivity contribution in [2.24, 2.45) is 11.8 Å². The second-order valence-corrected chi connectivity index (χ2v) is 9.57. The van der Waals surface area contributed by atoms with E-state index in [9.17, 15) is 18.8 Å². The van der Waals surface area contributed by atoms with Crippen molar-refractivity contribution < 1.29 is 23.5 Å². The number of methoxy groups -OCH3 is 1. The Kier molecular flexibility index (Phi) is 5.49. The van der Waals surface area contributed by atoms with Gasteiger partial charge in [0, 0.05) is 11.2 Å². The van der Waals surface area contributed by atoms with Gasteiger partial charge in [0.2, 0.25) is 17.7 Å². The fourth-order valence-electron chi connectivity index (χ4n) is 5.71. The lowest BCUT2D eigenvalue weighted by atomic mass is 9.84. The summed E-state index contributed by atoms with van der Waals surface area (Å²) >= 11 is 6.15. The first-order valence-electron chi connectivity index (χ1n) is 11.7. The first kappa shape index (κ1) is 23.2. The predicted molar refractivity (Wildman–Crippen MR) is 136 cm³/mol. The summed E-state index contributed by atoms with van der Waals surface area (Å²) in [7, 11) is 1.47. The highest BCUT2D eigenvalue weighted by Gasteiger charge is 2.64. The number of carbonyl (C=O) groups is 3. The van der Waals surface area contributed by atoms with Crippen molar-refractivity contribution in [1.82, 2.24) is 4.90 Å². The third-order valence-electron chi connectivity index (χ3n) is 7.24. The number of benzene rings is 3. The molecule has 3 aromatic carbocycles. The summed E-state index contributed by atoms with van der Waals surface area (Å²) in [6.45, 7) is 0. The molecule has 6 rings (SSSR count). The highest BCUT2D eigenvalue weighted by Crippen LogP contribution is 2.53. The van der Waals surface area contributed by atoms with Crippen molar-refractivity contribution in [3.63, 3.8) is 0 Å². The van der Waals surface area contributed by atoms with E-state index in [0.29, 0.717) is 16.5 Å². The van der Waals surface area contributed by atoms with Crippen LogP contribution in [0.2, 0.25) is 5.02 Å². The van der Waals surface area contributed by atoms with Gasteiger partial charge in [-0.05, 0) is 47.5 Å². The van der Waals surface area contributed by atoms with Crippen LogP contribution in [0.1, 0.15) is 17.2 Å². The van der Waals surface area contributed by atoms with E-state index in [-0.39, 0.29) is 5.69 Å². The minimum absolute atomic E-state index is 0.117. The van der Waals surface area contributed by atoms with E-state index in [0.717, 1.165) is 16.0 Å². The van der Waals surface area contributed by atoms with Gasteiger partial charge in [0.05, 0.1) is 36.4 Å². The van der Waals surface area contributed by atoms with Crippen LogP contribution in [0, 0.1) is 17.7 Å². The zero-order chi connectivity index (χ0) is 25.8. The molecule has 3 heterocycles. The zero-order valence-corrected chi connectivity index (χ0v) is 20.4. The van der Waals surface area contributed by atoms with Crippen LogP contribution in [0.5, 0.6) is 5.75 Å². The molecule has 2 saturated heterocycles. The van der Waals surface area contributed by atoms with Gasteiger partial charge in [-0.25, -0.2) is 9.29 Å². The molecule has 7 nitrogen and oxygen atoms in total. The third-order valence-corrected chi connectivity index (χ3v) is 7.48. The van der Waals surface area contributed by atoms with E-state index in [1.165, 1.54) is 25.3 Å². The van der Waals surface area contributed by atoms with Crippen LogP contribution in [0.4, 0.5) is 15.8 Å². The first-order valence-corrected chi connectivity index (χ1v) is 12.1. The minimum Gasteiger partial charge on any atom is -0.495 e. The molecule has 0 aliphatic carbocycles. The molecule has 186 valence electrons. The Morgan fingerprint density at radius 3 is 2.51 bits per heavy atom. The summed E-state index contributed by atoms with van der Waals surface area (Å²) in [4.78, 5) is 44.1. The Morgan fingerprint density at radius 2 is 1.73 bits per heavy atom. The molecule has 9 heteroatoms. The van der Waals surface area contributed by atoms with Crippen molar-refractivity contribution in [2.45, 2.75) is 12.1 Å². The molecule has 3 amide bonds. The molecule has 0 aromatic heterocycles. The highest BCUT2D eigenvalue weighted by molar-refractivity contribution is 6.31. The fraction of sp³-hybridized carbons (Fsp3) is 0.179. The van der Waals surface area contributed by atoms with Gasteiger partial charge < -0.3 is 15.0 Å². The Labute approximate surface area is 217 Å². The molecule has 4 atom stereocenters. The standard InChI is InChI=1S/C28H21ClFN3O4/c1-37-21-11-10-16(29)14-19(21)31-26(34)25-23-22(24-17-7-3-2-6-15(17)12-13-32(24)25)27(35)33(28(23)36)20-9-5-4-8-18(20)30/h2-14,22-25H,1H3,(H,31,34)/t22-,23-,24-,25+/m1/s1. The maximum atomic E-state index is 14.7. The number of hydrogen-bond donors (Lipinski definition) is 1. The molecule has 1 N–H and O–H groups in total. The maximum absolute atomic E-state index is 14.7. The number of imide groups is 1. The van der Waals surface area contributed by atoms with Crippen LogP contribution in [0.25, 0.3) is 6.08 Å². The number of hydrogen-bond acceptors (Lipinski definition) is 5. The summed E-state index contributed by atoms with van der Waals surface area (Å²) in [5.41, 5.74) is 1.94. The Morgan fingerprint density at radius 1 is 1.00 bits per heavy atom. The van der Waals surface area contributed by atoms with E-state index >= 15 is 0 Å². The topological polar surface area (TPSA) is 79.0 Å². The van der Waals surface area contributed by atoms with Crippen LogP contribution in [0.3, 0.4) is 0 Å². The number of amides is 3. The van der Waals surface area contributed by atoms with Gasteiger partial charge >= 0.3 is 0 Å². The van der Waals surface area contributed by atoms with Gasteiger partial charge in [0.15, 0.2) is 0 Å². The van der Waals surface area contributed by atoms with E-state index in [1.807, 2.05) is 30.3 Å². The first-order chi connectivity index (χ1) is 17.9. The van der Waals surface area contributed by atoms with Crippen LogP contribution in [-0.4, -0.2) is 35.8 Å². The molecule has 2 fully saturated rings. The second-order valence-electron chi connectivity index (χ2n) is 9.13. The average molecular weight is 518 g/mol. The molecule has 3 aliphatic rings. The van der Waals surface area contributed by atoms with Gasteiger partial charge in [-0.15, -0.1) is 0 Å². The number of fused-ring (bicyclic) bond motifs is 5. The number of halogens is 2. The van der Waals surface area contributed by atoms with Crippen molar-refractivity contribution in [3.05, 3.63) is 94.9 Å². The van der Waals surface area contributed by atoms with Gasteiger partial charge in [-0.2, -0.15) is 0 Å². The molecule has 37 heavy (non-hydrogen) atoms. The molecule has 0 saturated carbocycles. The molecule has 3 aromatic rings. The number of nitrogens with one attached hydrogen (secondary N) is 1. The summed E-state index contributed by atoms with van der Waals surface area (Å²) in [6, 6.07) is 16.4. The molecular weight excluding hydrogens is 497 g/mol. The van der Waals surface area contributed by atoms with Gasteiger partial charge in [-0.3, -0.25) is 14.4 Å². The largest absolute Gasteiger partial charge is 0.495 e. The zero-order valence-electron chi connectivity index (χ0n) is 19.6.